The van der Waals surface area contributed by atoms with Crippen LogP contribution in [0.1, 0.15) is 41.3 Å². The zero-order valence-corrected chi connectivity index (χ0v) is 15.9. The summed E-state index contributed by atoms with van der Waals surface area (Å²) >= 11 is 6.09. The molecule has 1 aliphatic rings. The van der Waals surface area contributed by atoms with Gasteiger partial charge in [-0.25, -0.2) is 9.37 Å². The van der Waals surface area contributed by atoms with Gasteiger partial charge in [0.25, 0.3) is 11.5 Å². The molecule has 0 bridgehead atoms. The number of amides is 1. The predicted molar refractivity (Wildman–Crippen MR) is 96.5 cm³/mol. The molecule has 27 heavy (non-hydrogen) atoms. The summed E-state index contributed by atoms with van der Waals surface area (Å²) in [6.45, 7) is 5.44. The lowest BCUT2D eigenvalue weighted by Gasteiger charge is -2.32. The summed E-state index contributed by atoms with van der Waals surface area (Å²) in [5.41, 5.74) is -1.28. The Morgan fingerprint density at radius 3 is 2.89 bits per heavy atom. The lowest BCUT2D eigenvalue weighted by Crippen LogP contribution is -2.42. The first-order valence-corrected chi connectivity index (χ1v) is 8.71. The van der Waals surface area contributed by atoms with E-state index >= 15 is 0 Å². The Morgan fingerprint density at radius 1 is 1.48 bits per heavy atom. The quantitative estimate of drug-likeness (QED) is 0.831. The van der Waals surface area contributed by atoms with Gasteiger partial charge in [0, 0.05) is 12.1 Å². The van der Waals surface area contributed by atoms with Crippen molar-refractivity contribution in [3.05, 3.63) is 56.0 Å². The zero-order valence-electron chi connectivity index (χ0n) is 15.1. The number of carbonyl (C=O) groups excluding carboxylic acids is 1. The molecule has 1 aromatic carbocycles. The van der Waals surface area contributed by atoms with Crippen LogP contribution in [0.15, 0.2) is 16.9 Å². The molecule has 1 aromatic heterocycles. The van der Waals surface area contributed by atoms with Crippen molar-refractivity contribution in [3.63, 3.8) is 0 Å². The molecule has 3 rings (SSSR count). The van der Waals surface area contributed by atoms with Gasteiger partial charge in [-0.1, -0.05) is 17.7 Å². The maximum absolute atomic E-state index is 14.0. The van der Waals surface area contributed by atoms with E-state index in [1.165, 1.54) is 16.7 Å². The molecule has 2 aromatic rings. The van der Waals surface area contributed by atoms with E-state index in [2.05, 4.69) is 10.3 Å². The fourth-order valence-corrected chi connectivity index (χ4v) is 3.18. The first-order chi connectivity index (χ1) is 12.6. The number of hydrogen-bond donors (Lipinski definition) is 2. The average Bonchev–Trinajstić information content (AvgIpc) is 2.61. The third kappa shape index (κ3) is 3.42. The van der Waals surface area contributed by atoms with E-state index < -0.39 is 34.3 Å². The second-order valence-corrected chi connectivity index (χ2v) is 7.17. The van der Waals surface area contributed by atoms with Crippen LogP contribution < -0.4 is 10.9 Å². The largest absolute Gasteiger partial charge is 0.501 e. The molecule has 7 nitrogen and oxygen atoms in total. The maximum Gasteiger partial charge on any atom is 0.296 e. The standard InChI is InChI=1S/C18H19ClFN3O4/c1-9-4-5-11(20)10(12(9)19)8-21-15(25)13-14(24)16(26)23-6-7-27-18(2,3)17(23)22-13/h4-5,24H,6-8H2,1-3H3,(H,21,25). The normalized spacial score (nSPS) is 15.3. The molecule has 1 amide bonds. The highest BCUT2D eigenvalue weighted by atomic mass is 35.5. The molecular weight excluding hydrogens is 377 g/mol. The summed E-state index contributed by atoms with van der Waals surface area (Å²) in [6, 6.07) is 2.78. The van der Waals surface area contributed by atoms with Crippen molar-refractivity contribution < 1.29 is 19.0 Å². The van der Waals surface area contributed by atoms with Crippen LogP contribution in [0.3, 0.4) is 0 Å². The second kappa shape index (κ2) is 6.94. The van der Waals surface area contributed by atoms with Gasteiger partial charge in [0.15, 0.2) is 5.69 Å². The number of aromatic hydroxyl groups is 1. The van der Waals surface area contributed by atoms with Crippen molar-refractivity contribution in [3.8, 4) is 5.75 Å². The van der Waals surface area contributed by atoms with Gasteiger partial charge in [-0.15, -0.1) is 0 Å². The predicted octanol–water partition coefficient (Wildman–Crippen LogP) is 2.25. The number of fused-ring (bicyclic) bond motifs is 1. The van der Waals surface area contributed by atoms with Crippen LogP contribution in [0.2, 0.25) is 5.02 Å². The molecule has 0 aliphatic carbocycles. The van der Waals surface area contributed by atoms with Gasteiger partial charge >= 0.3 is 0 Å². The highest BCUT2D eigenvalue weighted by Gasteiger charge is 2.34. The number of nitrogens with one attached hydrogen (secondary N) is 1. The van der Waals surface area contributed by atoms with Gasteiger partial charge < -0.3 is 15.2 Å². The maximum atomic E-state index is 14.0. The highest BCUT2D eigenvalue weighted by molar-refractivity contribution is 6.32. The minimum atomic E-state index is -0.897. The highest BCUT2D eigenvalue weighted by Crippen LogP contribution is 2.27. The number of nitrogens with zero attached hydrogens (tertiary/aromatic N) is 2. The fraction of sp³-hybridized carbons (Fsp3) is 0.389. The van der Waals surface area contributed by atoms with Crippen LogP contribution >= 0.6 is 11.6 Å². The van der Waals surface area contributed by atoms with Crippen LogP contribution in [0.25, 0.3) is 0 Å². The van der Waals surface area contributed by atoms with Crippen LogP contribution in [0, 0.1) is 12.7 Å². The van der Waals surface area contributed by atoms with E-state index in [9.17, 15) is 19.1 Å². The van der Waals surface area contributed by atoms with E-state index in [1.54, 1.807) is 20.8 Å². The zero-order chi connectivity index (χ0) is 19.9. The van der Waals surface area contributed by atoms with Crippen molar-refractivity contribution in [2.24, 2.45) is 0 Å². The van der Waals surface area contributed by atoms with Gasteiger partial charge in [0.1, 0.15) is 17.2 Å². The summed E-state index contributed by atoms with van der Waals surface area (Å²) in [4.78, 5) is 29.1. The summed E-state index contributed by atoms with van der Waals surface area (Å²) in [6.07, 6.45) is 0. The minimum absolute atomic E-state index is 0.114. The lowest BCUT2D eigenvalue weighted by atomic mass is 10.1. The Morgan fingerprint density at radius 2 is 2.19 bits per heavy atom. The molecule has 0 atom stereocenters. The molecular formula is C18H19ClFN3O4. The van der Waals surface area contributed by atoms with Crippen molar-refractivity contribution in [2.45, 2.75) is 39.5 Å². The topological polar surface area (TPSA) is 93.5 Å². The number of benzene rings is 1. The van der Waals surface area contributed by atoms with Crippen LogP contribution in [0.5, 0.6) is 5.75 Å². The smallest absolute Gasteiger partial charge is 0.296 e. The van der Waals surface area contributed by atoms with Crippen molar-refractivity contribution in [2.75, 3.05) is 6.61 Å². The van der Waals surface area contributed by atoms with Crippen molar-refractivity contribution in [1.82, 2.24) is 14.9 Å². The number of aryl methyl sites for hydroxylation is 1. The van der Waals surface area contributed by atoms with Crippen LogP contribution in [-0.2, 0) is 23.4 Å². The summed E-state index contributed by atoms with van der Waals surface area (Å²) < 4.78 is 20.9. The van der Waals surface area contributed by atoms with E-state index in [-0.39, 0.29) is 36.1 Å². The number of carbonyl (C=O) groups is 1. The van der Waals surface area contributed by atoms with E-state index in [4.69, 9.17) is 16.3 Å². The van der Waals surface area contributed by atoms with Crippen molar-refractivity contribution >= 4 is 17.5 Å². The van der Waals surface area contributed by atoms with Gasteiger partial charge in [0.2, 0.25) is 5.75 Å². The van der Waals surface area contributed by atoms with Gasteiger partial charge in [-0.2, -0.15) is 0 Å². The van der Waals surface area contributed by atoms with Crippen molar-refractivity contribution in [1.29, 1.82) is 0 Å². The SMILES string of the molecule is Cc1ccc(F)c(CNC(=O)c2nc3n(c(=O)c2O)CCOC3(C)C)c1Cl. The number of aromatic nitrogens is 2. The number of ether oxygens (including phenoxy) is 1. The third-order valence-corrected chi connectivity index (χ3v) is 5.01. The van der Waals surface area contributed by atoms with E-state index in [1.807, 2.05) is 0 Å². The molecule has 0 radical (unpaired) electrons. The molecule has 0 unspecified atom stereocenters. The first-order valence-electron chi connectivity index (χ1n) is 8.33. The van der Waals surface area contributed by atoms with Gasteiger partial charge in [0.05, 0.1) is 18.2 Å². The molecule has 0 saturated heterocycles. The Kier molecular flexibility index (Phi) is 4.96. The molecule has 2 N–H and O–H groups in total. The van der Waals surface area contributed by atoms with Gasteiger partial charge in [-0.3, -0.25) is 14.2 Å². The Hall–Kier alpha value is -2.45. The number of hydrogen-bond acceptors (Lipinski definition) is 5. The monoisotopic (exact) mass is 395 g/mol. The molecule has 2 heterocycles. The molecule has 0 fully saturated rings. The number of rotatable bonds is 3. The molecule has 1 aliphatic heterocycles. The second-order valence-electron chi connectivity index (χ2n) is 6.79. The summed E-state index contributed by atoms with van der Waals surface area (Å²) in [7, 11) is 0. The van der Waals surface area contributed by atoms with Crippen LogP contribution in [0.4, 0.5) is 4.39 Å². The molecule has 9 heteroatoms. The lowest BCUT2D eigenvalue weighted by molar-refractivity contribution is -0.0566. The fourth-order valence-electron chi connectivity index (χ4n) is 2.96. The third-order valence-electron chi connectivity index (χ3n) is 4.48. The summed E-state index contributed by atoms with van der Waals surface area (Å²) in [5, 5.41) is 12.8. The molecule has 0 saturated carbocycles. The Balaban J connectivity index is 1.94. The molecule has 144 valence electrons. The van der Waals surface area contributed by atoms with E-state index in [0.29, 0.717) is 5.56 Å². The molecule has 0 spiro atoms. The summed E-state index contributed by atoms with van der Waals surface area (Å²) in [5.74, 6) is -1.90. The van der Waals surface area contributed by atoms with Gasteiger partial charge in [-0.05, 0) is 32.4 Å². The minimum Gasteiger partial charge on any atom is -0.501 e. The average molecular weight is 396 g/mol. The Bertz CT molecular complexity index is 988. The van der Waals surface area contributed by atoms with Crippen LogP contribution in [-0.4, -0.2) is 27.2 Å². The first kappa shape index (κ1) is 19.3. The van der Waals surface area contributed by atoms with E-state index in [0.717, 1.165) is 0 Å². The number of halogens is 2. The Labute approximate surface area is 159 Å².